The molecule has 0 amide bonds. The summed E-state index contributed by atoms with van der Waals surface area (Å²) in [6.45, 7) is 0. The first kappa shape index (κ1) is 20.7. The first-order valence-electron chi connectivity index (χ1n) is 30.7. The molecule has 0 aliphatic heterocycles. The van der Waals surface area contributed by atoms with Crippen LogP contribution in [0, 0.1) is 0 Å². The van der Waals surface area contributed by atoms with Crippen LogP contribution in [0.25, 0.3) is 92.2 Å². The number of rotatable bonds is 8. The summed E-state index contributed by atoms with van der Waals surface area (Å²) in [5.41, 5.74) is -2.00. The molecule has 2 heterocycles. The monoisotopic (exact) mass is 842 g/mol. The molecular formula is C60H40N2S. The lowest BCUT2D eigenvalue weighted by atomic mass is 9.95. The summed E-state index contributed by atoms with van der Waals surface area (Å²) in [5.74, 6) is 0. The van der Waals surface area contributed by atoms with Crippen LogP contribution in [0.1, 0.15) is 30.2 Å². The lowest BCUT2D eigenvalue weighted by molar-refractivity contribution is 1.18. The fourth-order valence-corrected chi connectivity index (χ4v) is 9.39. The Balaban J connectivity index is 1.26. The molecule has 10 aromatic carbocycles. The second-order valence-electron chi connectivity index (χ2n) is 14.4. The molecule has 12 aromatic rings. The quantitative estimate of drug-likeness (QED) is 0.148. The van der Waals surface area contributed by atoms with E-state index in [1.165, 1.54) is 11.3 Å². The van der Waals surface area contributed by atoms with E-state index >= 15 is 0 Å². The number of aromatic nitrogens is 1. The van der Waals surface area contributed by atoms with Gasteiger partial charge in [0.2, 0.25) is 0 Å². The van der Waals surface area contributed by atoms with Crippen LogP contribution in [0.5, 0.6) is 0 Å². The topological polar surface area (TPSA) is 8.17 Å². The van der Waals surface area contributed by atoms with Gasteiger partial charge in [-0.1, -0.05) is 182 Å². The van der Waals surface area contributed by atoms with Crippen molar-refractivity contribution in [2.75, 3.05) is 4.90 Å². The van der Waals surface area contributed by atoms with E-state index in [0.29, 0.717) is 31.3 Å². The highest BCUT2D eigenvalue weighted by molar-refractivity contribution is 7.26. The zero-order valence-corrected chi connectivity index (χ0v) is 33.5. The Hall–Kier alpha value is -7.98. The number of nitrogens with zero attached hydrogens (tertiary/aromatic N) is 2. The zero-order chi connectivity index (χ0) is 60.8. The molecule has 0 aliphatic carbocycles. The molecule has 0 fully saturated rings. The average Bonchev–Trinajstić information content (AvgIpc) is 1.52. The molecule has 2 aromatic heterocycles. The predicted molar refractivity (Wildman–Crippen MR) is 270 cm³/mol. The van der Waals surface area contributed by atoms with Crippen molar-refractivity contribution < 1.29 is 30.2 Å². The van der Waals surface area contributed by atoms with Gasteiger partial charge in [0.05, 0.1) is 52.6 Å². The number of hydrogen-bond acceptors (Lipinski definition) is 2. The second-order valence-corrected chi connectivity index (χ2v) is 15.4. The first-order chi connectivity index (χ1) is 40.4. The molecule has 0 unspecified atom stereocenters. The van der Waals surface area contributed by atoms with E-state index in [0.717, 1.165) is 32.4 Å². The van der Waals surface area contributed by atoms with E-state index in [1.807, 2.05) is 78.9 Å². The first-order valence-corrected chi connectivity index (χ1v) is 20.5. The summed E-state index contributed by atoms with van der Waals surface area (Å²) in [7, 11) is 0. The van der Waals surface area contributed by atoms with Crippen molar-refractivity contribution in [2.24, 2.45) is 0 Å². The van der Waals surface area contributed by atoms with Crippen LogP contribution >= 0.6 is 11.3 Å². The number of para-hydroxylation sites is 2. The molecule has 12 rings (SSSR count). The number of anilines is 3. The molecule has 296 valence electrons. The minimum Gasteiger partial charge on any atom is -0.309 e. The molecule has 0 saturated carbocycles. The van der Waals surface area contributed by atoms with Crippen molar-refractivity contribution in [3.05, 3.63) is 242 Å². The smallest absolute Gasteiger partial charge is 0.0645 e. The minimum atomic E-state index is -0.998. The molecule has 3 heteroatoms. The zero-order valence-electron chi connectivity index (χ0n) is 54.7. The Bertz CT molecular complexity index is 4790. The number of benzene rings is 10. The third-order valence-corrected chi connectivity index (χ3v) is 12.0. The van der Waals surface area contributed by atoms with Crippen molar-refractivity contribution in [2.45, 2.75) is 0 Å². The van der Waals surface area contributed by atoms with E-state index < -0.39 is 178 Å². The van der Waals surface area contributed by atoms with E-state index in [9.17, 15) is 12.3 Å². The van der Waals surface area contributed by atoms with E-state index in [1.54, 1.807) is 30.3 Å². The maximum atomic E-state index is 10.2. The second kappa shape index (κ2) is 15.5. The Labute approximate surface area is 401 Å². The maximum absolute atomic E-state index is 10.2. The molecule has 63 heavy (non-hydrogen) atoms. The third-order valence-electron chi connectivity index (χ3n) is 10.8. The van der Waals surface area contributed by atoms with Crippen molar-refractivity contribution in [1.82, 2.24) is 4.57 Å². The Kier molecular flexibility index (Phi) is 5.09. The van der Waals surface area contributed by atoms with Crippen LogP contribution in [-0.4, -0.2) is 4.57 Å². The molecule has 0 spiro atoms. The fraction of sp³-hybridized carbons (Fsp3) is 0. The number of hydrogen-bond donors (Lipinski definition) is 0. The van der Waals surface area contributed by atoms with Gasteiger partial charge in [-0.2, -0.15) is 0 Å². The highest BCUT2D eigenvalue weighted by atomic mass is 32.1. The van der Waals surface area contributed by atoms with Crippen LogP contribution in [0.3, 0.4) is 0 Å². The van der Waals surface area contributed by atoms with Crippen LogP contribution in [0.4, 0.5) is 17.1 Å². The average molecular weight is 843 g/mol. The van der Waals surface area contributed by atoms with E-state index in [4.69, 9.17) is 17.8 Å². The summed E-state index contributed by atoms with van der Waals surface area (Å²) in [6, 6.07) is 14.2. The predicted octanol–water partition coefficient (Wildman–Crippen LogP) is 17.3. The Morgan fingerprint density at radius 1 is 0.413 bits per heavy atom. The Morgan fingerprint density at radius 2 is 0.984 bits per heavy atom. The van der Waals surface area contributed by atoms with E-state index in [2.05, 4.69) is 4.57 Å². The lowest BCUT2D eigenvalue weighted by Crippen LogP contribution is -2.12. The highest BCUT2D eigenvalue weighted by Crippen LogP contribution is 2.51. The number of fused-ring (bicyclic) bond motifs is 6. The van der Waals surface area contributed by atoms with Crippen molar-refractivity contribution in [3.8, 4) is 50.2 Å². The molecule has 0 atom stereocenters. The van der Waals surface area contributed by atoms with Gasteiger partial charge in [-0.05, 0) is 99.5 Å². The van der Waals surface area contributed by atoms with Crippen molar-refractivity contribution in [1.29, 1.82) is 0 Å². The summed E-state index contributed by atoms with van der Waals surface area (Å²) >= 11 is 1.33. The van der Waals surface area contributed by atoms with Gasteiger partial charge in [0.25, 0.3) is 0 Å². The fourth-order valence-electron chi connectivity index (χ4n) is 8.13. The van der Waals surface area contributed by atoms with Crippen LogP contribution in [0.15, 0.2) is 242 Å². The molecule has 0 radical (unpaired) electrons. The van der Waals surface area contributed by atoms with Gasteiger partial charge in [0, 0.05) is 47.9 Å². The van der Waals surface area contributed by atoms with Gasteiger partial charge in [-0.25, -0.2) is 0 Å². The molecule has 0 saturated heterocycles. The standard InChI is InChI=1S/C60H40N2S/c1-4-17-41(18-5-1)43-31-34-47(35-32-43)61(56-37-33-45(42-19-6-2-7-20-42)40-53(56)44-21-8-3-9-22-44)57-38-36-49(60-59(57)52-27-12-15-30-58(52)63-60)46-23-16-24-48(39-46)62-54-28-13-10-25-50(54)51-26-11-14-29-55(51)62/h1-40H/i1D,2D,3D,4D,5D,6D,7D,8D,9D,17D,18D,19D,20D,21D,22D,31D,32D,33D,34D,35D,37D,40D. The van der Waals surface area contributed by atoms with Crippen LogP contribution < -0.4 is 4.90 Å². The molecular weight excluding hydrogens is 781 g/mol. The Morgan fingerprint density at radius 3 is 1.67 bits per heavy atom. The SMILES string of the molecule is [2H]c1c([2H])c([2H])c(-c2c([2H])c([2H])c(N(c3c([2H])c([2H])c(-c4c([2H])c([2H])c([2H])c([2H])c4[2H])c([2H])c3-c3c([2H])c([2H])c([2H])c([2H])c3[2H])c3ccc(-c4cccc(-n5c6ccccc6c6ccccc65)c4)c4sc5ccccc5c34)c([2H])c2[2H])c([2H])c1[2H]. The van der Waals surface area contributed by atoms with Gasteiger partial charge in [-0.15, -0.1) is 11.3 Å². The number of thiophene rings is 1. The normalized spacial score (nSPS) is 16.4. The summed E-state index contributed by atoms with van der Waals surface area (Å²) in [4.78, 5) is 1.02. The third kappa shape index (κ3) is 6.41. The summed E-state index contributed by atoms with van der Waals surface area (Å²) in [5, 5.41) is 2.91. The van der Waals surface area contributed by atoms with Gasteiger partial charge in [0.15, 0.2) is 0 Å². The van der Waals surface area contributed by atoms with Gasteiger partial charge in [-0.3, -0.25) is 0 Å². The summed E-state index contributed by atoms with van der Waals surface area (Å²) in [6.07, 6.45) is 0. The van der Waals surface area contributed by atoms with Gasteiger partial charge in [0.1, 0.15) is 0 Å². The minimum absolute atomic E-state index is 0.0670. The maximum Gasteiger partial charge on any atom is 0.0645 e. The van der Waals surface area contributed by atoms with Crippen molar-refractivity contribution in [3.63, 3.8) is 0 Å². The van der Waals surface area contributed by atoms with Gasteiger partial charge < -0.3 is 9.47 Å². The van der Waals surface area contributed by atoms with Crippen molar-refractivity contribution >= 4 is 70.4 Å². The largest absolute Gasteiger partial charge is 0.309 e. The highest BCUT2D eigenvalue weighted by Gasteiger charge is 2.24. The van der Waals surface area contributed by atoms with Crippen LogP contribution in [-0.2, 0) is 0 Å². The molecule has 0 N–H and O–H groups in total. The van der Waals surface area contributed by atoms with Crippen LogP contribution in [0.2, 0.25) is 0 Å². The van der Waals surface area contributed by atoms with Gasteiger partial charge >= 0.3 is 0 Å². The van der Waals surface area contributed by atoms with E-state index in [-0.39, 0.29) is 5.69 Å². The summed E-state index contributed by atoms with van der Waals surface area (Å²) < 4.78 is 204. The molecule has 2 nitrogen and oxygen atoms in total. The lowest BCUT2D eigenvalue weighted by Gasteiger charge is -2.30. The molecule has 0 aliphatic rings. The molecule has 0 bridgehead atoms.